The molecule has 0 atom stereocenters. The van der Waals surface area contributed by atoms with Gasteiger partial charge in [0.2, 0.25) is 5.56 Å². The zero-order valence-electron chi connectivity index (χ0n) is 11.1. The van der Waals surface area contributed by atoms with E-state index in [-0.39, 0.29) is 23.8 Å². The third kappa shape index (κ3) is 3.23. The highest BCUT2D eigenvalue weighted by Crippen LogP contribution is 2.31. The van der Waals surface area contributed by atoms with Gasteiger partial charge < -0.3 is 15.4 Å². The molecule has 1 saturated carbocycles. The fourth-order valence-corrected chi connectivity index (χ4v) is 2.53. The number of hydrogen-bond donors (Lipinski definition) is 3. The minimum absolute atomic E-state index is 0.0669. The predicted molar refractivity (Wildman–Crippen MR) is 72.0 cm³/mol. The van der Waals surface area contributed by atoms with Crippen molar-refractivity contribution < 1.29 is 9.90 Å². The number of nitrogens with one attached hydrogen (secondary N) is 2. The monoisotopic (exact) mass is 264 g/mol. The fourth-order valence-electron chi connectivity index (χ4n) is 2.53. The Morgan fingerprint density at radius 1 is 1.47 bits per heavy atom. The molecular weight excluding hydrogens is 244 g/mol. The lowest BCUT2D eigenvalue weighted by Crippen LogP contribution is -2.53. The Bertz CT molecular complexity index is 501. The van der Waals surface area contributed by atoms with E-state index in [1.54, 1.807) is 12.1 Å². The Labute approximate surface area is 112 Å². The molecule has 2 rings (SSSR count). The molecule has 1 heterocycles. The van der Waals surface area contributed by atoms with Gasteiger partial charge in [0.1, 0.15) is 5.69 Å². The average molecular weight is 264 g/mol. The molecule has 0 radical (unpaired) electrons. The zero-order chi connectivity index (χ0) is 13.9. The molecule has 1 fully saturated rings. The number of carbonyl (C=O) groups is 1. The summed E-state index contributed by atoms with van der Waals surface area (Å²) >= 11 is 0. The molecule has 0 aromatic carbocycles. The second-order valence-corrected chi connectivity index (χ2v) is 5.50. The van der Waals surface area contributed by atoms with Crippen molar-refractivity contribution in [1.29, 1.82) is 0 Å². The summed E-state index contributed by atoms with van der Waals surface area (Å²) in [6.07, 6.45) is 3.53. The number of amides is 1. The lowest BCUT2D eigenvalue weighted by molar-refractivity contribution is 0.0712. The van der Waals surface area contributed by atoms with E-state index >= 15 is 0 Å². The van der Waals surface area contributed by atoms with Crippen LogP contribution in [0.1, 0.15) is 43.1 Å². The van der Waals surface area contributed by atoms with E-state index in [4.69, 9.17) is 0 Å². The maximum absolute atomic E-state index is 12.1. The molecule has 104 valence electrons. The number of rotatable bonds is 3. The summed E-state index contributed by atoms with van der Waals surface area (Å²) in [7, 11) is 0. The van der Waals surface area contributed by atoms with Crippen LogP contribution < -0.4 is 10.9 Å². The van der Waals surface area contributed by atoms with E-state index in [0.717, 1.165) is 25.7 Å². The summed E-state index contributed by atoms with van der Waals surface area (Å²) in [4.78, 5) is 25.8. The fraction of sp³-hybridized carbons (Fsp3) is 0.571. The minimum Gasteiger partial charge on any atom is -0.394 e. The Kier molecular flexibility index (Phi) is 4.04. The lowest BCUT2D eigenvalue weighted by Gasteiger charge is -2.38. The summed E-state index contributed by atoms with van der Waals surface area (Å²) in [5, 5.41) is 12.5. The van der Waals surface area contributed by atoms with Crippen LogP contribution in [0.15, 0.2) is 23.0 Å². The zero-order valence-corrected chi connectivity index (χ0v) is 11.1. The molecule has 1 aliphatic carbocycles. The van der Waals surface area contributed by atoms with E-state index in [0.29, 0.717) is 5.92 Å². The first-order valence-electron chi connectivity index (χ1n) is 6.67. The summed E-state index contributed by atoms with van der Waals surface area (Å²) in [5.41, 5.74) is -0.613. The first-order valence-corrected chi connectivity index (χ1v) is 6.67. The van der Waals surface area contributed by atoms with Crippen LogP contribution in [-0.4, -0.2) is 28.1 Å². The van der Waals surface area contributed by atoms with Crippen molar-refractivity contribution in [2.45, 2.75) is 38.1 Å². The normalized spacial score (nSPS) is 26.9. The van der Waals surface area contributed by atoms with Crippen molar-refractivity contribution in [3.63, 3.8) is 0 Å². The van der Waals surface area contributed by atoms with Crippen molar-refractivity contribution >= 4 is 5.91 Å². The average Bonchev–Trinajstić information content (AvgIpc) is 2.42. The molecule has 1 aromatic heterocycles. The first-order chi connectivity index (χ1) is 9.04. The first kappa shape index (κ1) is 13.8. The Morgan fingerprint density at radius 2 is 2.16 bits per heavy atom. The van der Waals surface area contributed by atoms with Gasteiger partial charge in [-0.3, -0.25) is 9.59 Å². The molecule has 1 aromatic rings. The molecule has 5 nitrogen and oxygen atoms in total. The van der Waals surface area contributed by atoms with Crippen LogP contribution in [0.4, 0.5) is 0 Å². The van der Waals surface area contributed by atoms with Crippen molar-refractivity contribution in [3.8, 4) is 0 Å². The lowest BCUT2D eigenvalue weighted by atomic mass is 9.77. The van der Waals surface area contributed by atoms with E-state index in [9.17, 15) is 14.7 Å². The van der Waals surface area contributed by atoms with Crippen molar-refractivity contribution in [2.24, 2.45) is 5.92 Å². The van der Waals surface area contributed by atoms with Crippen molar-refractivity contribution in [2.75, 3.05) is 6.61 Å². The van der Waals surface area contributed by atoms with Crippen LogP contribution in [0.25, 0.3) is 0 Å². The van der Waals surface area contributed by atoms with Crippen LogP contribution in [0, 0.1) is 5.92 Å². The van der Waals surface area contributed by atoms with Crippen LogP contribution in [0.3, 0.4) is 0 Å². The summed E-state index contributed by atoms with van der Waals surface area (Å²) < 4.78 is 0. The number of aromatic nitrogens is 1. The quantitative estimate of drug-likeness (QED) is 0.763. The molecule has 0 aliphatic heterocycles. The van der Waals surface area contributed by atoms with Gasteiger partial charge in [-0.1, -0.05) is 13.0 Å². The van der Waals surface area contributed by atoms with Gasteiger partial charge in [0, 0.05) is 6.07 Å². The SMILES string of the molecule is CC1CCC(CO)(NC(=O)c2cccc(=O)[nH]2)CC1. The number of pyridine rings is 1. The van der Waals surface area contributed by atoms with Gasteiger partial charge in [-0.15, -0.1) is 0 Å². The molecule has 1 amide bonds. The van der Waals surface area contributed by atoms with Gasteiger partial charge in [-0.25, -0.2) is 0 Å². The molecule has 19 heavy (non-hydrogen) atoms. The Balaban J connectivity index is 2.10. The molecule has 3 N–H and O–H groups in total. The number of aliphatic hydroxyl groups is 1. The van der Waals surface area contributed by atoms with Gasteiger partial charge in [-0.05, 0) is 37.7 Å². The standard InChI is InChI=1S/C14H20N2O3/c1-10-5-7-14(9-17,8-6-10)16-13(19)11-3-2-4-12(18)15-11/h2-4,10,17H,5-9H2,1H3,(H,15,18)(H,16,19). The van der Waals surface area contributed by atoms with E-state index in [1.165, 1.54) is 6.07 Å². The second-order valence-electron chi connectivity index (χ2n) is 5.50. The number of carbonyl (C=O) groups excluding carboxylic acids is 1. The number of H-pyrrole nitrogens is 1. The molecule has 0 spiro atoms. The topological polar surface area (TPSA) is 82.2 Å². The van der Waals surface area contributed by atoms with E-state index < -0.39 is 5.54 Å². The third-order valence-corrected chi connectivity index (χ3v) is 3.93. The number of aromatic amines is 1. The van der Waals surface area contributed by atoms with Gasteiger partial charge in [0.05, 0.1) is 12.1 Å². The largest absolute Gasteiger partial charge is 0.394 e. The smallest absolute Gasteiger partial charge is 0.268 e. The highest BCUT2D eigenvalue weighted by molar-refractivity contribution is 5.92. The molecule has 0 saturated heterocycles. The summed E-state index contributed by atoms with van der Waals surface area (Å²) in [6.45, 7) is 2.11. The maximum Gasteiger partial charge on any atom is 0.268 e. The molecule has 1 aliphatic rings. The molecule has 0 unspecified atom stereocenters. The summed E-state index contributed by atoms with van der Waals surface area (Å²) in [5.74, 6) is 0.300. The van der Waals surface area contributed by atoms with Crippen molar-refractivity contribution in [1.82, 2.24) is 10.3 Å². The van der Waals surface area contributed by atoms with Gasteiger partial charge in [-0.2, -0.15) is 0 Å². The van der Waals surface area contributed by atoms with Gasteiger partial charge >= 0.3 is 0 Å². The molecular formula is C14H20N2O3. The van der Waals surface area contributed by atoms with Crippen LogP contribution in [0.5, 0.6) is 0 Å². The Hall–Kier alpha value is -1.62. The minimum atomic E-state index is -0.545. The van der Waals surface area contributed by atoms with Gasteiger partial charge in [0.15, 0.2) is 0 Å². The van der Waals surface area contributed by atoms with E-state index in [1.807, 2.05) is 0 Å². The number of hydrogen-bond acceptors (Lipinski definition) is 3. The number of aliphatic hydroxyl groups excluding tert-OH is 1. The molecule has 0 bridgehead atoms. The van der Waals surface area contributed by atoms with Crippen LogP contribution >= 0.6 is 0 Å². The van der Waals surface area contributed by atoms with E-state index in [2.05, 4.69) is 17.2 Å². The van der Waals surface area contributed by atoms with Gasteiger partial charge in [0.25, 0.3) is 5.91 Å². The van der Waals surface area contributed by atoms with Crippen LogP contribution in [0.2, 0.25) is 0 Å². The molecule has 5 heteroatoms. The highest BCUT2D eigenvalue weighted by atomic mass is 16.3. The van der Waals surface area contributed by atoms with Crippen molar-refractivity contribution in [3.05, 3.63) is 34.2 Å². The second kappa shape index (κ2) is 5.57. The maximum atomic E-state index is 12.1. The summed E-state index contributed by atoms with van der Waals surface area (Å²) in [6, 6.07) is 4.47. The highest BCUT2D eigenvalue weighted by Gasteiger charge is 2.35. The third-order valence-electron chi connectivity index (χ3n) is 3.93. The predicted octanol–water partition coefficient (Wildman–Crippen LogP) is 1.05. The Morgan fingerprint density at radius 3 is 2.74 bits per heavy atom. The van der Waals surface area contributed by atoms with Crippen LogP contribution in [-0.2, 0) is 0 Å².